The number of hydrogen-bond donors (Lipinski definition) is 2. The maximum absolute atomic E-state index is 12.2. The number of nitrogens with one attached hydrogen (secondary N) is 1. The van der Waals surface area contributed by atoms with Gasteiger partial charge in [-0.3, -0.25) is 4.79 Å². The molecule has 4 nitrogen and oxygen atoms in total. The van der Waals surface area contributed by atoms with Gasteiger partial charge in [-0.15, -0.1) is 0 Å². The Hall–Kier alpha value is -1.47. The van der Waals surface area contributed by atoms with E-state index in [2.05, 4.69) is 5.32 Å². The molecule has 0 unspecified atom stereocenters. The highest BCUT2D eigenvalue weighted by Gasteiger charge is 2.38. The minimum absolute atomic E-state index is 0.0378. The lowest BCUT2D eigenvalue weighted by molar-refractivity contribution is -0.192. The van der Waals surface area contributed by atoms with Crippen LogP contribution in [-0.2, 0) is 9.59 Å². The van der Waals surface area contributed by atoms with Gasteiger partial charge in [0, 0.05) is 5.92 Å². The van der Waals surface area contributed by atoms with Crippen LogP contribution in [0.2, 0.25) is 10.0 Å². The molecule has 1 amide bonds. The van der Waals surface area contributed by atoms with Crippen molar-refractivity contribution in [3.63, 3.8) is 0 Å². The smallest absolute Gasteiger partial charge is 0.475 e. The second-order valence-corrected chi connectivity index (χ2v) is 6.86. The zero-order valence-electron chi connectivity index (χ0n) is 14.1. The molecule has 146 valence electrons. The summed E-state index contributed by atoms with van der Waals surface area (Å²) in [5.74, 6) is -2.41. The summed E-state index contributed by atoms with van der Waals surface area (Å²) < 4.78 is 31.7. The molecule has 1 fully saturated rings. The average Bonchev–Trinajstić information content (AvgIpc) is 2.57. The lowest BCUT2D eigenvalue weighted by Gasteiger charge is -2.23. The highest BCUT2D eigenvalue weighted by atomic mass is 35.5. The van der Waals surface area contributed by atoms with Gasteiger partial charge in [0.25, 0.3) is 0 Å². The minimum Gasteiger partial charge on any atom is -0.475 e. The SMILES string of the molecule is C[C@H](NC(=O)C1CCCCC1)c1ccc(Cl)c(Cl)c1.O=C(O)C(F)(F)F. The fourth-order valence-electron chi connectivity index (χ4n) is 2.56. The average molecular weight is 414 g/mol. The molecule has 1 aliphatic carbocycles. The van der Waals surface area contributed by atoms with E-state index < -0.39 is 12.1 Å². The van der Waals surface area contributed by atoms with Gasteiger partial charge >= 0.3 is 12.1 Å². The van der Waals surface area contributed by atoms with Crippen LogP contribution in [0.3, 0.4) is 0 Å². The summed E-state index contributed by atoms with van der Waals surface area (Å²) in [6, 6.07) is 5.45. The summed E-state index contributed by atoms with van der Waals surface area (Å²) >= 11 is 11.9. The molecule has 0 heterocycles. The van der Waals surface area contributed by atoms with Gasteiger partial charge in [-0.25, -0.2) is 4.79 Å². The van der Waals surface area contributed by atoms with E-state index in [1.807, 2.05) is 19.1 Å². The van der Waals surface area contributed by atoms with Gasteiger partial charge in [-0.1, -0.05) is 48.5 Å². The predicted molar refractivity (Wildman–Crippen MR) is 93.3 cm³/mol. The maximum Gasteiger partial charge on any atom is 0.490 e. The van der Waals surface area contributed by atoms with E-state index in [9.17, 15) is 18.0 Å². The summed E-state index contributed by atoms with van der Waals surface area (Å²) in [7, 11) is 0. The first-order valence-electron chi connectivity index (χ1n) is 8.07. The molecule has 1 aromatic rings. The molecule has 0 bridgehead atoms. The Morgan fingerprint density at radius 1 is 1.15 bits per heavy atom. The van der Waals surface area contributed by atoms with Gasteiger partial charge in [0.2, 0.25) is 5.91 Å². The summed E-state index contributed by atoms with van der Waals surface area (Å²) in [6.45, 7) is 1.97. The zero-order valence-corrected chi connectivity index (χ0v) is 15.6. The quantitative estimate of drug-likeness (QED) is 0.698. The van der Waals surface area contributed by atoms with Crippen LogP contribution in [-0.4, -0.2) is 23.2 Å². The molecular weight excluding hydrogens is 394 g/mol. The monoisotopic (exact) mass is 413 g/mol. The van der Waals surface area contributed by atoms with E-state index in [0.29, 0.717) is 10.0 Å². The standard InChI is InChI=1S/C15H19Cl2NO.C2HF3O2/c1-10(12-7-8-13(16)14(17)9-12)18-15(19)11-5-3-2-4-6-11;3-2(4,5)1(6)7/h7-11H,2-6H2,1H3,(H,18,19);(H,6,7)/t10-;/m0./s1. The molecule has 1 aromatic carbocycles. The molecule has 2 rings (SSSR count). The molecule has 2 N–H and O–H groups in total. The van der Waals surface area contributed by atoms with E-state index in [0.717, 1.165) is 18.4 Å². The Morgan fingerprint density at radius 2 is 1.69 bits per heavy atom. The van der Waals surface area contributed by atoms with Gasteiger partial charge in [-0.05, 0) is 37.5 Å². The van der Waals surface area contributed by atoms with Crippen molar-refractivity contribution in [2.24, 2.45) is 5.92 Å². The van der Waals surface area contributed by atoms with E-state index in [4.69, 9.17) is 33.1 Å². The van der Waals surface area contributed by atoms with Crippen molar-refractivity contribution in [1.82, 2.24) is 5.32 Å². The molecule has 1 atom stereocenters. The van der Waals surface area contributed by atoms with Crippen molar-refractivity contribution in [2.75, 3.05) is 0 Å². The summed E-state index contributed by atoms with van der Waals surface area (Å²) in [6.07, 6.45) is 0.532. The third-order valence-corrected chi connectivity index (χ3v) is 4.76. The first kappa shape index (κ1) is 22.6. The number of aliphatic carboxylic acids is 1. The number of carboxylic acid groups (broad SMARTS) is 1. The van der Waals surface area contributed by atoms with E-state index in [1.54, 1.807) is 6.07 Å². The molecule has 26 heavy (non-hydrogen) atoms. The maximum atomic E-state index is 12.2. The van der Waals surface area contributed by atoms with Crippen LogP contribution in [0.25, 0.3) is 0 Å². The van der Waals surface area contributed by atoms with Gasteiger partial charge < -0.3 is 10.4 Å². The lowest BCUT2D eigenvalue weighted by atomic mass is 9.88. The van der Waals surface area contributed by atoms with Crippen molar-refractivity contribution < 1.29 is 27.9 Å². The van der Waals surface area contributed by atoms with Crippen LogP contribution in [0.5, 0.6) is 0 Å². The minimum atomic E-state index is -5.08. The first-order chi connectivity index (χ1) is 12.0. The van der Waals surface area contributed by atoms with Crippen molar-refractivity contribution in [1.29, 1.82) is 0 Å². The molecule has 9 heteroatoms. The Bertz CT molecular complexity index is 632. The fraction of sp³-hybridized carbons (Fsp3) is 0.529. The van der Waals surface area contributed by atoms with Gasteiger partial charge in [0.15, 0.2) is 0 Å². The molecule has 0 radical (unpaired) electrons. The molecule has 1 saturated carbocycles. The summed E-state index contributed by atoms with van der Waals surface area (Å²) in [4.78, 5) is 21.1. The van der Waals surface area contributed by atoms with Gasteiger partial charge in [0.05, 0.1) is 16.1 Å². The van der Waals surface area contributed by atoms with Crippen molar-refractivity contribution in [3.05, 3.63) is 33.8 Å². The molecule has 0 aliphatic heterocycles. The summed E-state index contributed by atoms with van der Waals surface area (Å²) in [5.41, 5.74) is 0.985. The van der Waals surface area contributed by atoms with Gasteiger partial charge in [0.1, 0.15) is 0 Å². The number of benzene rings is 1. The third-order valence-electron chi connectivity index (χ3n) is 4.02. The number of hydrogen-bond acceptors (Lipinski definition) is 2. The highest BCUT2D eigenvalue weighted by molar-refractivity contribution is 6.42. The zero-order chi connectivity index (χ0) is 19.9. The Labute approximate surface area is 159 Å². The van der Waals surface area contributed by atoms with Gasteiger partial charge in [-0.2, -0.15) is 13.2 Å². The number of carbonyl (C=O) groups is 2. The number of rotatable bonds is 3. The number of halogens is 5. The molecule has 0 saturated heterocycles. The fourth-order valence-corrected chi connectivity index (χ4v) is 2.87. The second-order valence-electron chi connectivity index (χ2n) is 6.04. The number of amides is 1. The Morgan fingerprint density at radius 3 is 2.15 bits per heavy atom. The van der Waals surface area contributed by atoms with E-state index >= 15 is 0 Å². The van der Waals surface area contributed by atoms with Crippen LogP contribution in [0, 0.1) is 5.92 Å². The van der Waals surface area contributed by atoms with Crippen molar-refractivity contribution in [3.8, 4) is 0 Å². The largest absolute Gasteiger partial charge is 0.490 e. The number of carbonyl (C=O) groups excluding carboxylic acids is 1. The van der Waals surface area contributed by atoms with E-state index in [1.165, 1.54) is 19.3 Å². The van der Waals surface area contributed by atoms with Crippen LogP contribution in [0.4, 0.5) is 13.2 Å². The Kier molecular flexibility index (Phi) is 8.70. The predicted octanol–water partition coefficient (Wildman–Crippen LogP) is 5.38. The Balaban J connectivity index is 0.000000412. The molecular formula is C17H20Cl2F3NO3. The molecule has 0 spiro atoms. The third kappa shape index (κ3) is 7.41. The molecule has 1 aliphatic rings. The molecule has 0 aromatic heterocycles. The van der Waals surface area contributed by atoms with Crippen LogP contribution in [0.1, 0.15) is 50.6 Å². The van der Waals surface area contributed by atoms with E-state index in [-0.39, 0.29) is 17.9 Å². The lowest BCUT2D eigenvalue weighted by Crippen LogP contribution is -2.33. The topological polar surface area (TPSA) is 66.4 Å². The normalized spacial score (nSPS) is 16.2. The van der Waals surface area contributed by atoms with Crippen LogP contribution in [0.15, 0.2) is 18.2 Å². The number of alkyl halides is 3. The summed E-state index contributed by atoms with van der Waals surface area (Å²) in [5, 5.41) is 11.3. The van der Waals surface area contributed by atoms with Crippen LogP contribution >= 0.6 is 23.2 Å². The second kappa shape index (κ2) is 10.0. The first-order valence-corrected chi connectivity index (χ1v) is 8.83. The van der Waals surface area contributed by atoms with Crippen molar-refractivity contribution in [2.45, 2.75) is 51.2 Å². The highest BCUT2D eigenvalue weighted by Crippen LogP contribution is 2.27. The van der Waals surface area contributed by atoms with Crippen molar-refractivity contribution >= 4 is 35.1 Å². The number of carboxylic acids is 1. The van der Waals surface area contributed by atoms with Crippen LogP contribution < -0.4 is 5.32 Å².